The highest BCUT2D eigenvalue weighted by atomic mass is 16.5. The van der Waals surface area contributed by atoms with Crippen LogP contribution in [0.1, 0.15) is 49.4 Å². The Hall–Kier alpha value is -2.70. The van der Waals surface area contributed by atoms with Crippen molar-refractivity contribution in [1.29, 1.82) is 0 Å². The smallest absolute Gasteiger partial charge is 0.0956 e. The van der Waals surface area contributed by atoms with E-state index in [2.05, 4.69) is 38.8 Å². The fraction of sp³-hybridized carbons (Fsp3) is 0.417. The molecule has 1 aromatic carbocycles. The quantitative estimate of drug-likeness (QED) is 0.649. The van der Waals surface area contributed by atoms with Gasteiger partial charge in [-0.2, -0.15) is 0 Å². The van der Waals surface area contributed by atoms with Crippen molar-refractivity contribution in [2.24, 2.45) is 5.92 Å². The van der Waals surface area contributed by atoms with Crippen LogP contribution in [0.5, 0.6) is 0 Å². The van der Waals surface area contributed by atoms with Gasteiger partial charge in [-0.1, -0.05) is 24.3 Å². The van der Waals surface area contributed by atoms with Gasteiger partial charge in [-0.15, -0.1) is 0 Å². The summed E-state index contributed by atoms with van der Waals surface area (Å²) in [7, 11) is 0. The van der Waals surface area contributed by atoms with E-state index in [0.717, 1.165) is 43.5 Å². The second-order valence-electron chi connectivity index (χ2n) is 8.48. The highest BCUT2D eigenvalue weighted by Crippen LogP contribution is 2.42. The van der Waals surface area contributed by atoms with Crippen LogP contribution in [-0.4, -0.2) is 31.8 Å². The van der Waals surface area contributed by atoms with E-state index in [0.29, 0.717) is 18.2 Å². The average molecular weight is 405 g/mol. The van der Waals surface area contributed by atoms with Crippen LogP contribution in [0.3, 0.4) is 0 Å². The van der Waals surface area contributed by atoms with Crippen molar-refractivity contribution in [3.8, 4) is 11.3 Å². The molecular formula is C24H28N4O2. The van der Waals surface area contributed by atoms with Crippen LogP contribution in [0.4, 0.5) is 5.69 Å². The molecule has 0 saturated heterocycles. The molecule has 0 bridgehead atoms. The molecule has 2 atom stereocenters. The maximum Gasteiger partial charge on any atom is 0.0956 e. The fourth-order valence-corrected chi connectivity index (χ4v) is 5.00. The summed E-state index contributed by atoms with van der Waals surface area (Å²) in [6.45, 7) is 0.451. The van der Waals surface area contributed by atoms with Gasteiger partial charge in [-0.3, -0.25) is 4.98 Å². The average Bonchev–Trinajstić information content (AvgIpc) is 3.36. The Bertz CT molecular complexity index is 1010. The standard InChI is InChI=1S/C24H28N4O2/c25-20-6-3-11-27-21(20)14-30-17-9-7-16(8-10-17)24(29)12-22-18-4-1-2-5-19(18)23-13-26-15-28(22)23/h1-6,11,13,15-17,22,24,29H,7-10,12,14,25H2/t16-,17-,22?,24?. The lowest BCUT2D eigenvalue weighted by Gasteiger charge is -2.32. The van der Waals surface area contributed by atoms with Crippen molar-refractivity contribution < 1.29 is 9.84 Å². The molecule has 156 valence electrons. The number of benzene rings is 1. The summed E-state index contributed by atoms with van der Waals surface area (Å²) >= 11 is 0. The van der Waals surface area contributed by atoms with Gasteiger partial charge in [0, 0.05) is 11.8 Å². The van der Waals surface area contributed by atoms with Crippen LogP contribution in [0, 0.1) is 5.92 Å². The Morgan fingerprint density at radius 3 is 2.80 bits per heavy atom. The zero-order valence-electron chi connectivity index (χ0n) is 17.0. The highest BCUT2D eigenvalue weighted by molar-refractivity contribution is 5.68. The maximum absolute atomic E-state index is 11.1. The van der Waals surface area contributed by atoms with Gasteiger partial charge in [0.15, 0.2) is 0 Å². The largest absolute Gasteiger partial charge is 0.397 e. The molecule has 2 aliphatic rings. The van der Waals surface area contributed by atoms with Crippen molar-refractivity contribution in [1.82, 2.24) is 14.5 Å². The third kappa shape index (κ3) is 3.61. The minimum atomic E-state index is -0.330. The molecule has 3 N–H and O–H groups in total. The first kappa shape index (κ1) is 19.3. The third-order valence-electron chi connectivity index (χ3n) is 6.71. The molecule has 1 fully saturated rings. The minimum absolute atomic E-state index is 0.162. The van der Waals surface area contributed by atoms with Gasteiger partial charge in [0.1, 0.15) is 0 Å². The first-order valence-corrected chi connectivity index (χ1v) is 10.8. The molecule has 0 radical (unpaired) electrons. The molecule has 1 aliphatic carbocycles. The summed E-state index contributed by atoms with van der Waals surface area (Å²) in [5.74, 6) is 0.310. The normalized spacial score (nSPS) is 23.7. The Balaban J connectivity index is 1.17. The molecule has 1 aliphatic heterocycles. The van der Waals surface area contributed by atoms with Crippen molar-refractivity contribution >= 4 is 5.69 Å². The number of aliphatic hydroxyl groups excluding tert-OH is 1. The summed E-state index contributed by atoms with van der Waals surface area (Å²) in [5, 5.41) is 11.1. The van der Waals surface area contributed by atoms with E-state index in [-0.39, 0.29) is 18.2 Å². The highest BCUT2D eigenvalue weighted by Gasteiger charge is 2.33. The van der Waals surface area contributed by atoms with Gasteiger partial charge < -0.3 is 20.1 Å². The molecule has 30 heavy (non-hydrogen) atoms. The molecule has 0 amide bonds. The van der Waals surface area contributed by atoms with E-state index in [1.165, 1.54) is 11.1 Å². The molecule has 0 spiro atoms. The van der Waals surface area contributed by atoms with Crippen molar-refractivity contribution in [2.75, 3.05) is 5.73 Å². The van der Waals surface area contributed by atoms with Crippen molar-refractivity contribution in [3.05, 3.63) is 66.4 Å². The summed E-state index contributed by atoms with van der Waals surface area (Å²) in [4.78, 5) is 8.62. The van der Waals surface area contributed by atoms with E-state index >= 15 is 0 Å². The molecule has 2 unspecified atom stereocenters. The van der Waals surface area contributed by atoms with E-state index in [1.807, 2.05) is 24.7 Å². The van der Waals surface area contributed by atoms with Crippen LogP contribution < -0.4 is 5.73 Å². The first-order valence-electron chi connectivity index (χ1n) is 10.8. The number of anilines is 1. The second-order valence-corrected chi connectivity index (χ2v) is 8.48. The third-order valence-corrected chi connectivity index (χ3v) is 6.71. The number of hydrogen-bond donors (Lipinski definition) is 2. The predicted octanol–water partition coefficient (Wildman–Crippen LogP) is 3.96. The molecule has 2 aromatic heterocycles. The van der Waals surface area contributed by atoms with Crippen LogP contribution in [-0.2, 0) is 11.3 Å². The Morgan fingerprint density at radius 1 is 1.13 bits per heavy atom. The first-order chi connectivity index (χ1) is 14.7. The zero-order valence-corrected chi connectivity index (χ0v) is 17.0. The lowest BCUT2D eigenvalue weighted by atomic mass is 9.81. The number of imidazole rings is 1. The van der Waals surface area contributed by atoms with Gasteiger partial charge in [0.25, 0.3) is 0 Å². The lowest BCUT2D eigenvalue weighted by Crippen LogP contribution is -2.30. The zero-order chi connectivity index (χ0) is 20.5. The van der Waals surface area contributed by atoms with Gasteiger partial charge in [-0.25, -0.2) is 4.98 Å². The van der Waals surface area contributed by atoms with Crippen LogP contribution >= 0.6 is 0 Å². The molecule has 3 aromatic rings. The summed E-state index contributed by atoms with van der Waals surface area (Å²) in [6.07, 6.45) is 10.0. The van der Waals surface area contributed by atoms with E-state index in [1.54, 1.807) is 6.20 Å². The number of rotatable bonds is 6. The number of nitrogens with two attached hydrogens (primary N) is 1. The van der Waals surface area contributed by atoms with Crippen LogP contribution in [0.15, 0.2) is 55.1 Å². The summed E-state index contributed by atoms with van der Waals surface area (Å²) in [6, 6.07) is 12.3. The Labute approximate surface area is 176 Å². The number of hydrogen-bond acceptors (Lipinski definition) is 5. The summed E-state index contributed by atoms with van der Waals surface area (Å²) < 4.78 is 8.27. The summed E-state index contributed by atoms with van der Waals surface area (Å²) in [5.41, 5.74) is 11.1. The Morgan fingerprint density at radius 2 is 1.97 bits per heavy atom. The minimum Gasteiger partial charge on any atom is -0.397 e. The number of fused-ring (bicyclic) bond motifs is 3. The molecule has 1 saturated carbocycles. The molecule has 6 heteroatoms. The maximum atomic E-state index is 11.1. The predicted molar refractivity (Wildman–Crippen MR) is 116 cm³/mol. The van der Waals surface area contributed by atoms with Gasteiger partial charge in [-0.05, 0) is 55.7 Å². The van der Waals surface area contributed by atoms with E-state index in [4.69, 9.17) is 10.5 Å². The number of ether oxygens (including phenoxy) is 1. The van der Waals surface area contributed by atoms with Crippen LogP contribution in [0.2, 0.25) is 0 Å². The number of pyridine rings is 1. The lowest BCUT2D eigenvalue weighted by molar-refractivity contribution is -0.0168. The van der Waals surface area contributed by atoms with Crippen molar-refractivity contribution in [3.63, 3.8) is 0 Å². The number of nitrogens with zero attached hydrogens (tertiary/aromatic N) is 3. The SMILES string of the molecule is Nc1cccnc1CO[C@H]1CC[C@H](C(O)CC2c3ccccc3-c3cncn32)CC1. The molecule has 5 rings (SSSR count). The van der Waals surface area contributed by atoms with Crippen molar-refractivity contribution in [2.45, 2.75) is 57.0 Å². The number of aromatic nitrogens is 3. The molecule has 3 heterocycles. The van der Waals surface area contributed by atoms with Crippen LogP contribution in [0.25, 0.3) is 11.3 Å². The molecule has 6 nitrogen and oxygen atoms in total. The topological polar surface area (TPSA) is 86.2 Å². The van der Waals surface area contributed by atoms with Gasteiger partial charge in [0.2, 0.25) is 0 Å². The van der Waals surface area contributed by atoms with E-state index in [9.17, 15) is 5.11 Å². The van der Waals surface area contributed by atoms with Gasteiger partial charge in [0.05, 0.1) is 54.5 Å². The number of nitrogen functional groups attached to an aromatic ring is 1. The monoisotopic (exact) mass is 404 g/mol. The second kappa shape index (κ2) is 8.20. The van der Waals surface area contributed by atoms with Gasteiger partial charge >= 0.3 is 0 Å². The number of aliphatic hydroxyl groups is 1. The molecular weight excluding hydrogens is 376 g/mol. The Kier molecular flexibility index (Phi) is 5.27. The fourth-order valence-electron chi connectivity index (χ4n) is 5.00. The van der Waals surface area contributed by atoms with E-state index < -0.39 is 0 Å².